The summed E-state index contributed by atoms with van der Waals surface area (Å²) in [6.07, 6.45) is 4.46. The molecule has 0 atom stereocenters. The van der Waals surface area contributed by atoms with Crippen LogP contribution in [0.3, 0.4) is 0 Å². The number of aromatic nitrogens is 2. The van der Waals surface area contributed by atoms with E-state index in [4.69, 9.17) is 0 Å². The molecule has 4 rings (SSSR count). The molecule has 0 amide bonds. The third kappa shape index (κ3) is 3.98. The van der Waals surface area contributed by atoms with Crippen LogP contribution in [0.25, 0.3) is 22.2 Å². The predicted octanol–water partition coefficient (Wildman–Crippen LogP) is 5.55. The number of pyridine rings is 1. The smallest absolute Gasteiger partial charge is 0.253 e. The number of fused-ring (bicyclic) bond motifs is 1. The Kier molecular flexibility index (Phi) is 5.88. The minimum atomic E-state index is 0.114. The van der Waals surface area contributed by atoms with Crippen molar-refractivity contribution in [3.05, 3.63) is 57.5 Å². The van der Waals surface area contributed by atoms with Gasteiger partial charge in [0.15, 0.2) is 0 Å². The maximum atomic E-state index is 12.6. The number of piperidine rings is 1. The number of hydrogen-bond acceptors (Lipinski definition) is 2. The largest absolute Gasteiger partial charge is 0.354 e. The van der Waals surface area contributed by atoms with E-state index in [1.54, 1.807) is 0 Å². The Morgan fingerprint density at radius 3 is 2.50 bits per heavy atom. The first-order valence-electron chi connectivity index (χ1n) is 11.4. The molecular weight excluding hydrogens is 370 g/mol. The first-order valence-corrected chi connectivity index (χ1v) is 11.4. The summed E-state index contributed by atoms with van der Waals surface area (Å²) in [7, 11) is 0. The van der Waals surface area contributed by atoms with Gasteiger partial charge in [-0.1, -0.05) is 33.8 Å². The summed E-state index contributed by atoms with van der Waals surface area (Å²) in [5, 5.41) is 4.80. The lowest BCUT2D eigenvalue weighted by Gasteiger charge is -2.23. The quantitative estimate of drug-likeness (QED) is 0.584. The molecule has 160 valence electrons. The van der Waals surface area contributed by atoms with E-state index in [9.17, 15) is 4.79 Å². The Morgan fingerprint density at radius 1 is 1.10 bits per heavy atom. The summed E-state index contributed by atoms with van der Waals surface area (Å²) in [4.78, 5) is 16.3. The van der Waals surface area contributed by atoms with Gasteiger partial charge in [-0.3, -0.25) is 4.79 Å². The number of nitrogens with zero attached hydrogens (tertiary/aromatic N) is 1. The zero-order valence-corrected chi connectivity index (χ0v) is 19.0. The minimum Gasteiger partial charge on any atom is -0.354 e. The molecule has 0 bridgehead atoms. The van der Waals surface area contributed by atoms with Crippen LogP contribution in [0.4, 0.5) is 0 Å². The van der Waals surface area contributed by atoms with Crippen molar-refractivity contribution in [1.29, 1.82) is 0 Å². The molecule has 3 heterocycles. The van der Waals surface area contributed by atoms with E-state index in [-0.39, 0.29) is 5.56 Å². The van der Waals surface area contributed by atoms with E-state index < -0.39 is 0 Å². The molecule has 1 aromatic carbocycles. The van der Waals surface area contributed by atoms with Crippen LogP contribution in [0.2, 0.25) is 0 Å². The number of rotatable bonds is 5. The lowest BCUT2D eigenvalue weighted by molar-refractivity contribution is 0.460. The maximum absolute atomic E-state index is 12.6. The second-order valence-corrected chi connectivity index (χ2v) is 9.66. The van der Waals surface area contributed by atoms with Crippen molar-refractivity contribution in [1.82, 2.24) is 14.9 Å². The fraction of sp³-hybridized carbons (Fsp3) is 0.500. The number of nitrogens with one attached hydrogen (secondary N) is 2. The van der Waals surface area contributed by atoms with Crippen LogP contribution >= 0.6 is 0 Å². The zero-order chi connectivity index (χ0) is 21.4. The molecule has 0 saturated carbocycles. The van der Waals surface area contributed by atoms with Crippen molar-refractivity contribution in [3.63, 3.8) is 0 Å². The van der Waals surface area contributed by atoms with Crippen molar-refractivity contribution in [2.45, 2.75) is 65.8 Å². The highest BCUT2D eigenvalue weighted by Gasteiger charge is 2.20. The molecule has 0 unspecified atom stereocenters. The van der Waals surface area contributed by atoms with Gasteiger partial charge in [0.25, 0.3) is 5.56 Å². The predicted molar refractivity (Wildman–Crippen MR) is 127 cm³/mol. The second kappa shape index (κ2) is 8.43. The van der Waals surface area contributed by atoms with Gasteiger partial charge in [0.1, 0.15) is 0 Å². The Bertz CT molecular complexity index is 1100. The van der Waals surface area contributed by atoms with E-state index >= 15 is 0 Å². The summed E-state index contributed by atoms with van der Waals surface area (Å²) in [5.41, 5.74) is 7.18. The molecule has 1 fully saturated rings. The average molecular weight is 406 g/mol. The van der Waals surface area contributed by atoms with Crippen molar-refractivity contribution < 1.29 is 0 Å². The molecule has 4 nitrogen and oxygen atoms in total. The summed E-state index contributed by atoms with van der Waals surface area (Å²) in [6.45, 7) is 13.7. The van der Waals surface area contributed by atoms with Crippen LogP contribution in [-0.2, 0) is 6.54 Å². The molecule has 2 aromatic heterocycles. The highest BCUT2D eigenvalue weighted by molar-refractivity contribution is 5.92. The minimum absolute atomic E-state index is 0.114. The van der Waals surface area contributed by atoms with E-state index in [0.29, 0.717) is 17.8 Å². The van der Waals surface area contributed by atoms with Gasteiger partial charge in [0.05, 0.1) is 5.69 Å². The van der Waals surface area contributed by atoms with Gasteiger partial charge in [0.2, 0.25) is 0 Å². The zero-order valence-electron chi connectivity index (χ0n) is 19.0. The highest BCUT2D eigenvalue weighted by Crippen LogP contribution is 2.37. The number of benzene rings is 1. The third-order valence-electron chi connectivity index (χ3n) is 6.37. The van der Waals surface area contributed by atoms with Crippen molar-refractivity contribution >= 4 is 10.9 Å². The molecule has 0 spiro atoms. The van der Waals surface area contributed by atoms with E-state index in [2.05, 4.69) is 56.2 Å². The highest BCUT2D eigenvalue weighted by atomic mass is 16.1. The van der Waals surface area contributed by atoms with Crippen LogP contribution in [0.15, 0.2) is 35.3 Å². The van der Waals surface area contributed by atoms with Crippen molar-refractivity contribution in [2.75, 3.05) is 13.1 Å². The SMILES string of the molecule is Cc1cc(-c2[nH]c3ccc(C4CCNCC4)cc3c2C(C)C)cn(CC(C)C)c1=O. The monoisotopic (exact) mass is 405 g/mol. The summed E-state index contributed by atoms with van der Waals surface area (Å²) in [6, 6.07) is 9.01. The van der Waals surface area contributed by atoms with E-state index in [1.165, 1.54) is 34.9 Å². The Labute approximate surface area is 179 Å². The third-order valence-corrected chi connectivity index (χ3v) is 6.37. The van der Waals surface area contributed by atoms with Crippen LogP contribution in [0.5, 0.6) is 0 Å². The van der Waals surface area contributed by atoms with Crippen LogP contribution < -0.4 is 10.9 Å². The molecule has 1 aliphatic rings. The lowest BCUT2D eigenvalue weighted by Crippen LogP contribution is -2.26. The Morgan fingerprint density at radius 2 is 1.83 bits per heavy atom. The van der Waals surface area contributed by atoms with Crippen molar-refractivity contribution in [3.8, 4) is 11.3 Å². The first kappa shape index (κ1) is 20.9. The molecule has 0 radical (unpaired) electrons. The fourth-order valence-electron chi connectivity index (χ4n) is 4.92. The van der Waals surface area contributed by atoms with E-state index in [1.807, 2.05) is 23.8 Å². The number of hydrogen-bond donors (Lipinski definition) is 2. The van der Waals surface area contributed by atoms with Gasteiger partial charge in [0, 0.05) is 34.8 Å². The normalized spacial score (nSPS) is 15.6. The van der Waals surface area contributed by atoms with Gasteiger partial charge in [-0.2, -0.15) is 0 Å². The standard InChI is InChI=1S/C26H35N3O/c1-16(2)14-29-15-21(12-18(5)26(29)30)25-24(17(3)4)22-13-20(6-7-23(22)28-25)19-8-10-27-11-9-19/h6-7,12-13,15-17,19,27-28H,8-11,14H2,1-5H3. The fourth-order valence-corrected chi connectivity index (χ4v) is 4.92. The first-order chi connectivity index (χ1) is 14.3. The van der Waals surface area contributed by atoms with Gasteiger partial charge in [-0.15, -0.1) is 0 Å². The number of aryl methyl sites for hydroxylation is 1. The van der Waals surface area contributed by atoms with Gasteiger partial charge >= 0.3 is 0 Å². The molecule has 30 heavy (non-hydrogen) atoms. The van der Waals surface area contributed by atoms with Crippen molar-refractivity contribution in [2.24, 2.45) is 5.92 Å². The Balaban J connectivity index is 1.86. The molecule has 3 aromatic rings. The topological polar surface area (TPSA) is 49.8 Å². The summed E-state index contributed by atoms with van der Waals surface area (Å²) >= 11 is 0. The molecule has 0 aliphatic carbocycles. The molecule has 4 heteroatoms. The number of aromatic amines is 1. The second-order valence-electron chi connectivity index (χ2n) is 9.66. The summed E-state index contributed by atoms with van der Waals surface area (Å²) in [5.74, 6) is 1.46. The van der Waals surface area contributed by atoms with Gasteiger partial charge in [-0.25, -0.2) is 0 Å². The maximum Gasteiger partial charge on any atom is 0.253 e. The molecular formula is C26H35N3O. The molecule has 2 N–H and O–H groups in total. The van der Waals surface area contributed by atoms with E-state index in [0.717, 1.165) is 36.5 Å². The number of H-pyrrole nitrogens is 1. The van der Waals surface area contributed by atoms with Crippen LogP contribution in [0.1, 0.15) is 69.1 Å². The average Bonchev–Trinajstić information content (AvgIpc) is 3.10. The Hall–Kier alpha value is -2.33. The van der Waals surface area contributed by atoms with Crippen LogP contribution in [-0.4, -0.2) is 22.6 Å². The van der Waals surface area contributed by atoms with Gasteiger partial charge < -0.3 is 14.9 Å². The molecule has 1 saturated heterocycles. The molecule has 1 aliphatic heterocycles. The van der Waals surface area contributed by atoms with Crippen LogP contribution in [0, 0.1) is 12.8 Å². The van der Waals surface area contributed by atoms with Gasteiger partial charge in [-0.05, 0) is 79.9 Å². The lowest BCUT2D eigenvalue weighted by atomic mass is 9.88. The summed E-state index contributed by atoms with van der Waals surface area (Å²) < 4.78 is 1.88.